The van der Waals surface area contributed by atoms with Crippen molar-refractivity contribution >= 4 is 12.2 Å². The summed E-state index contributed by atoms with van der Waals surface area (Å²) < 4.78 is 27.9. The highest BCUT2D eigenvalue weighted by molar-refractivity contribution is 5.60. The molecule has 4 unspecified atom stereocenters. The molecule has 184 valence electrons. The van der Waals surface area contributed by atoms with Crippen LogP contribution in [0.3, 0.4) is 0 Å². The first-order valence-corrected chi connectivity index (χ1v) is 12.9. The molecule has 0 bridgehead atoms. The number of benzene rings is 2. The molecule has 5 nitrogen and oxygen atoms in total. The van der Waals surface area contributed by atoms with Gasteiger partial charge in [0, 0.05) is 25.7 Å². The maximum absolute atomic E-state index is 5.94. The Kier molecular flexibility index (Phi) is 7.12. The highest BCUT2D eigenvalue weighted by Gasteiger charge is 2.28. The van der Waals surface area contributed by atoms with E-state index in [1.165, 1.54) is 33.4 Å². The molecule has 0 spiro atoms. The second-order valence-corrected chi connectivity index (χ2v) is 9.96. The van der Waals surface area contributed by atoms with E-state index in [0.29, 0.717) is 37.6 Å². The number of hydrogen-bond donors (Lipinski definition) is 0. The molecule has 0 amide bonds. The topological polar surface area (TPSA) is 59.4 Å². The van der Waals surface area contributed by atoms with Crippen LogP contribution in [0.15, 0.2) is 48.6 Å². The van der Waals surface area contributed by atoms with E-state index >= 15 is 0 Å². The normalized spacial score (nSPS) is 26.5. The Morgan fingerprint density at radius 2 is 0.886 bits per heavy atom. The van der Waals surface area contributed by atoms with Crippen molar-refractivity contribution < 1.29 is 23.7 Å². The molecule has 0 aromatic heterocycles. The lowest BCUT2D eigenvalue weighted by atomic mass is 9.94. The van der Waals surface area contributed by atoms with Gasteiger partial charge in [-0.1, -0.05) is 60.7 Å². The highest BCUT2D eigenvalue weighted by Crippen LogP contribution is 2.28. The Morgan fingerprint density at radius 1 is 0.571 bits per heavy atom. The molecule has 0 saturated carbocycles. The summed E-state index contributed by atoms with van der Waals surface area (Å²) in [7, 11) is 0. The Balaban J connectivity index is 1.06. The predicted octanol–water partition coefficient (Wildman–Crippen LogP) is 4.20. The Bertz CT molecular complexity index is 924. The molecule has 4 aliphatic rings. The van der Waals surface area contributed by atoms with Gasteiger partial charge in [-0.3, -0.25) is 0 Å². The molecule has 35 heavy (non-hydrogen) atoms. The monoisotopic (exact) mass is 474 g/mol. The van der Waals surface area contributed by atoms with Crippen molar-refractivity contribution in [3.8, 4) is 0 Å². The first kappa shape index (κ1) is 23.1. The predicted molar refractivity (Wildman–Crippen MR) is 136 cm³/mol. The minimum absolute atomic E-state index is 0.377. The lowest BCUT2D eigenvalue weighted by Crippen LogP contribution is -2.03. The van der Waals surface area contributed by atoms with Crippen LogP contribution >= 0.6 is 0 Å². The molecule has 4 aliphatic heterocycles. The molecule has 0 aliphatic carbocycles. The number of rotatable bonds is 14. The average Bonchev–Trinajstić information content (AvgIpc) is 3.68. The SMILES string of the molecule is C(=Cc1c(CC2CO2)cccc1CC1CO1)COCC=Cc1c(CC2CO2)cccc1CC1CO1. The van der Waals surface area contributed by atoms with Crippen LogP contribution in [0.1, 0.15) is 33.4 Å². The van der Waals surface area contributed by atoms with Crippen molar-refractivity contribution in [2.45, 2.75) is 50.1 Å². The lowest BCUT2D eigenvalue weighted by Gasteiger charge is -2.11. The van der Waals surface area contributed by atoms with Crippen molar-refractivity contribution in [2.75, 3.05) is 39.6 Å². The quantitative estimate of drug-likeness (QED) is 0.304. The van der Waals surface area contributed by atoms with Gasteiger partial charge in [0.15, 0.2) is 0 Å². The van der Waals surface area contributed by atoms with Gasteiger partial charge in [-0.15, -0.1) is 0 Å². The summed E-state index contributed by atoms with van der Waals surface area (Å²) in [5, 5.41) is 0. The maximum atomic E-state index is 5.94. The second-order valence-electron chi connectivity index (χ2n) is 9.96. The fourth-order valence-corrected chi connectivity index (χ4v) is 4.73. The smallest absolute Gasteiger partial charge is 0.0850 e. The largest absolute Gasteiger partial charge is 0.373 e. The van der Waals surface area contributed by atoms with Gasteiger partial charge in [0.2, 0.25) is 0 Å². The fraction of sp³-hybridized carbons (Fsp3) is 0.467. The minimum Gasteiger partial charge on any atom is -0.373 e. The van der Waals surface area contributed by atoms with Crippen molar-refractivity contribution in [2.24, 2.45) is 0 Å². The number of ether oxygens (including phenoxy) is 5. The summed E-state index contributed by atoms with van der Waals surface area (Å²) in [6.07, 6.45) is 14.1. The van der Waals surface area contributed by atoms with E-state index in [2.05, 4.69) is 60.7 Å². The van der Waals surface area contributed by atoms with E-state index < -0.39 is 0 Å². The van der Waals surface area contributed by atoms with Crippen LogP contribution in [0.25, 0.3) is 12.2 Å². The Labute approximate surface area is 207 Å². The molecule has 4 heterocycles. The third-order valence-corrected chi connectivity index (χ3v) is 6.97. The number of epoxide rings is 4. The number of hydrogen-bond acceptors (Lipinski definition) is 5. The van der Waals surface area contributed by atoms with E-state index in [1.54, 1.807) is 0 Å². The van der Waals surface area contributed by atoms with Gasteiger partial charge in [0.1, 0.15) is 0 Å². The van der Waals surface area contributed by atoms with Crippen LogP contribution in [-0.4, -0.2) is 64.1 Å². The van der Waals surface area contributed by atoms with Crippen molar-refractivity contribution in [1.29, 1.82) is 0 Å². The highest BCUT2D eigenvalue weighted by atomic mass is 16.6. The van der Waals surface area contributed by atoms with Crippen LogP contribution in [0, 0.1) is 0 Å². The molecule has 0 radical (unpaired) electrons. The first-order valence-electron chi connectivity index (χ1n) is 12.9. The third kappa shape index (κ3) is 6.90. The van der Waals surface area contributed by atoms with Gasteiger partial charge in [-0.05, 0) is 33.4 Å². The van der Waals surface area contributed by atoms with Crippen LogP contribution < -0.4 is 0 Å². The standard InChI is InChI=1S/C30H34O5/c1-5-21(13-25-17-32-25)29(22(6-1)14-26-18-33-26)9-3-11-31-12-4-10-30-23(15-27-19-34-27)7-2-8-24(30)16-28-20-35-28/h1-10,25-28H,11-20H2. The molecule has 4 fully saturated rings. The lowest BCUT2D eigenvalue weighted by molar-refractivity contribution is 0.195. The summed E-state index contributed by atoms with van der Waals surface area (Å²) in [4.78, 5) is 0. The molecule has 6 rings (SSSR count). The van der Waals surface area contributed by atoms with Gasteiger partial charge in [-0.2, -0.15) is 0 Å². The molecular weight excluding hydrogens is 440 g/mol. The van der Waals surface area contributed by atoms with Crippen LogP contribution in [0.5, 0.6) is 0 Å². The van der Waals surface area contributed by atoms with Crippen LogP contribution in [-0.2, 0) is 49.4 Å². The van der Waals surface area contributed by atoms with E-state index in [1.807, 2.05) is 0 Å². The summed E-state index contributed by atoms with van der Waals surface area (Å²) in [6.45, 7) is 4.67. The van der Waals surface area contributed by atoms with Gasteiger partial charge < -0.3 is 23.7 Å². The van der Waals surface area contributed by atoms with Gasteiger partial charge >= 0.3 is 0 Å². The van der Waals surface area contributed by atoms with E-state index in [4.69, 9.17) is 23.7 Å². The summed E-state index contributed by atoms with van der Waals surface area (Å²) in [5.41, 5.74) is 8.02. The van der Waals surface area contributed by atoms with Crippen LogP contribution in [0.4, 0.5) is 0 Å². The van der Waals surface area contributed by atoms with Gasteiger partial charge in [0.05, 0.1) is 64.1 Å². The minimum atomic E-state index is 0.377. The molecule has 4 atom stereocenters. The molecule has 2 aromatic carbocycles. The van der Waals surface area contributed by atoms with Crippen molar-refractivity contribution in [3.63, 3.8) is 0 Å². The van der Waals surface area contributed by atoms with Gasteiger partial charge in [0.25, 0.3) is 0 Å². The Morgan fingerprint density at radius 3 is 1.17 bits per heavy atom. The Hall–Kier alpha value is -2.28. The first-order chi connectivity index (χ1) is 17.3. The molecular formula is C30H34O5. The third-order valence-electron chi connectivity index (χ3n) is 6.97. The van der Waals surface area contributed by atoms with E-state index in [9.17, 15) is 0 Å². The summed E-state index contributed by atoms with van der Waals surface area (Å²) >= 11 is 0. The summed E-state index contributed by atoms with van der Waals surface area (Å²) in [5.74, 6) is 0. The molecule has 4 saturated heterocycles. The molecule has 2 aromatic rings. The van der Waals surface area contributed by atoms with Crippen molar-refractivity contribution in [1.82, 2.24) is 0 Å². The second kappa shape index (κ2) is 10.8. The zero-order valence-electron chi connectivity index (χ0n) is 20.2. The van der Waals surface area contributed by atoms with E-state index in [0.717, 1.165) is 52.1 Å². The van der Waals surface area contributed by atoms with Gasteiger partial charge in [-0.25, -0.2) is 0 Å². The molecule has 0 N–H and O–H groups in total. The zero-order chi connectivity index (χ0) is 23.5. The molecule has 5 heteroatoms. The zero-order valence-corrected chi connectivity index (χ0v) is 20.2. The average molecular weight is 475 g/mol. The van der Waals surface area contributed by atoms with Crippen LogP contribution in [0.2, 0.25) is 0 Å². The summed E-state index contributed by atoms with van der Waals surface area (Å²) in [6, 6.07) is 13.2. The fourth-order valence-electron chi connectivity index (χ4n) is 4.73. The van der Waals surface area contributed by atoms with E-state index in [-0.39, 0.29) is 0 Å². The maximum Gasteiger partial charge on any atom is 0.0850 e. The van der Waals surface area contributed by atoms with Crippen molar-refractivity contribution in [3.05, 3.63) is 81.9 Å².